The van der Waals surface area contributed by atoms with Gasteiger partial charge in [-0.25, -0.2) is 13.6 Å². The molecule has 0 saturated heterocycles. The fourth-order valence-electron chi connectivity index (χ4n) is 1.61. The van der Waals surface area contributed by atoms with Crippen LogP contribution in [0.2, 0.25) is 0 Å². The summed E-state index contributed by atoms with van der Waals surface area (Å²) in [6.07, 6.45) is 0. The summed E-state index contributed by atoms with van der Waals surface area (Å²) in [6.45, 7) is 1.67. The molecular weight excluding hydrogens is 254 g/mol. The molecule has 0 amide bonds. The Kier molecular flexibility index (Phi) is 3.46. The number of halogens is 2. The lowest BCUT2D eigenvalue weighted by Crippen LogP contribution is -2.01. The number of hydrogen-bond donors (Lipinski definition) is 1. The highest BCUT2D eigenvalue weighted by Gasteiger charge is 2.14. The lowest BCUT2D eigenvalue weighted by molar-refractivity contribution is 0.0694. The second kappa shape index (κ2) is 5.06. The predicted octanol–water partition coefficient (Wildman–Crippen LogP) is 3.76. The molecule has 0 bridgehead atoms. The molecule has 0 saturated carbocycles. The minimum atomic E-state index is -1.15. The van der Waals surface area contributed by atoms with E-state index in [2.05, 4.69) is 0 Å². The molecule has 19 heavy (non-hydrogen) atoms. The highest BCUT2D eigenvalue weighted by molar-refractivity contribution is 5.91. The van der Waals surface area contributed by atoms with Gasteiger partial charge in [-0.15, -0.1) is 0 Å². The quantitative estimate of drug-likeness (QED) is 0.918. The zero-order chi connectivity index (χ0) is 14.0. The van der Waals surface area contributed by atoms with Crippen LogP contribution in [0.1, 0.15) is 15.9 Å². The molecule has 0 aliphatic heterocycles. The van der Waals surface area contributed by atoms with E-state index in [1.54, 1.807) is 19.1 Å². The lowest BCUT2D eigenvalue weighted by atomic mass is 10.1. The van der Waals surface area contributed by atoms with Crippen LogP contribution in [-0.4, -0.2) is 11.1 Å². The van der Waals surface area contributed by atoms with E-state index in [9.17, 15) is 13.6 Å². The van der Waals surface area contributed by atoms with Crippen LogP contribution in [0.4, 0.5) is 8.78 Å². The third-order valence-corrected chi connectivity index (χ3v) is 2.55. The first kappa shape index (κ1) is 13.0. The number of carboxylic acids is 1. The lowest BCUT2D eigenvalue weighted by Gasteiger charge is -2.11. The topological polar surface area (TPSA) is 46.5 Å². The molecule has 2 aromatic carbocycles. The smallest absolute Gasteiger partial charge is 0.339 e. The first-order valence-electron chi connectivity index (χ1n) is 5.45. The van der Waals surface area contributed by atoms with Gasteiger partial charge in [-0.05, 0) is 30.7 Å². The average Bonchev–Trinajstić information content (AvgIpc) is 2.36. The molecule has 0 spiro atoms. The SMILES string of the molecule is Cc1cccc(C(=O)O)c1Oc1ccc(F)c(F)c1. The second-order valence-corrected chi connectivity index (χ2v) is 3.93. The highest BCUT2D eigenvalue weighted by Crippen LogP contribution is 2.29. The molecular formula is C14H10F2O3. The minimum Gasteiger partial charge on any atom is -0.478 e. The van der Waals surface area contributed by atoms with E-state index in [4.69, 9.17) is 9.84 Å². The van der Waals surface area contributed by atoms with E-state index in [0.29, 0.717) is 5.56 Å². The molecule has 0 unspecified atom stereocenters. The van der Waals surface area contributed by atoms with Crippen molar-refractivity contribution in [2.24, 2.45) is 0 Å². The van der Waals surface area contributed by atoms with Crippen LogP contribution in [-0.2, 0) is 0 Å². The maximum Gasteiger partial charge on any atom is 0.339 e. The summed E-state index contributed by atoms with van der Waals surface area (Å²) in [5, 5.41) is 9.05. The number of carboxylic acid groups (broad SMARTS) is 1. The first-order chi connectivity index (χ1) is 8.99. The number of aromatic carboxylic acids is 1. The van der Waals surface area contributed by atoms with Gasteiger partial charge in [-0.2, -0.15) is 0 Å². The normalized spacial score (nSPS) is 10.3. The van der Waals surface area contributed by atoms with Crippen molar-refractivity contribution in [3.63, 3.8) is 0 Å². The van der Waals surface area contributed by atoms with E-state index in [1.807, 2.05) is 0 Å². The van der Waals surface area contributed by atoms with Crippen LogP contribution >= 0.6 is 0 Å². The van der Waals surface area contributed by atoms with Crippen molar-refractivity contribution in [3.05, 3.63) is 59.2 Å². The highest BCUT2D eigenvalue weighted by atomic mass is 19.2. The third kappa shape index (κ3) is 2.70. The van der Waals surface area contributed by atoms with Gasteiger partial charge < -0.3 is 9.84 Å². The van der Waals surface area contributed by atoms with Gasteiger partial charge in [-0.3, -0.25) is 0 Å². The van der Waals surface area contributed by atoms with Crippen molar-refractivity contribution in [2.45, 2.75) is 6.92 Å². The van der Waals surface area contributed by atoms with Gasteiger partial charge in [0, 0.05) is 6.07 Å². The van der Waals surface area contributed by atoms with Crippen LogP contribution in [0.3, 0.4) is 0 Å². The van der Waals surface area contributed by atoms with Crippen molar-refractivity contribution in [1.29, 1.82) is 0 Å². The molecule has 0 aliphatic rings. The number of rotatable bonds is 3. The van der Waals surface area contributed by atoms with Crippen molar-refractivity contribution in [2.75, 3.05) is 0 Å². The molecule has 5 heteroatoms. The molecule has 98 valence electrons. The number of para-hydroxylation sites is 1. The number of ether oxygens (including phenoxy) is 1. The summed E-state index contributed by atoms with van der Waals surface area (Å²) in [5.41, 5.74) is 0.550. The van der Waals surface area contributed by atoms with E-state index in [-0.39, 0.29) is 17.1 Å². The maximum absolute atomic E-state index is 13.1. The fraction of sp³-hybridized carbons (Fsp3) is 0.0714. The second-order valence-electron chi connectivity index (χ2n) is 3.93. The summed E-state index contributed by atoms with van der Waals surface area (Å²) >= 11 is 0. The molecule has 0 aliphatic carbocycles. The molecule has 2 rings (SSSR count). The summed E-state index contributed by atoms with van der Waals surface area (Å²) in [5.74, 6) is -3.04. The van der Waals surface area contributed by atoms with E-state index in [1.165, 1.54) is 12.1 Å². The van der Waals surface area contributed by atoms with Crippen LogP contribution in [0.5, 0.6) is 11.5 Å². The Morgan fingerprint density at radius 2 is 1.89 bits per heavy atom. The summed E-state index contributed by atoms with van der Waals surface area (Å²) in [7, 11) is 0. The van der Waals surface area contributed by atoms with Crippen LogP contribution in [0, 0.1) is 18.6 Å². The number of hydrogen-bond acceptors (Lipinski definition) is 2. The van der Waals surface area contributed by atoms with E-state index < -0.39 is 17.6 Å². The van der Waals surface area contributed by atoms with Gasteiger partial charge in [0.25, 0.3) is 0 Å². The Balaban J connectivity index is 2.42. The minimum absolute atomic E-state index is 0.0373. The van der Waals surface area contributed by atoms with Gasteiger partial charge in [0.05, 0.1) is 0 Å². The Morgan fingerprint density at radius 3 is 2.53 bits per heavy atom. The fourth-order valence-corrected chi connectivity index (χ4v) is 1.61. The number of aryl methyl sites for hydroxylation is 1. The van der Waals surface area contributed by atoms with Gasteiger partial charge >= 0.3 is 5.97 Å². The van der Waals surface area contributed by atoms with Crippen LogP contribution < -0.4 is 4.74 Å². The zero-order valence-electron chi connectivity index (χ0n) is 9.98. The van der Waals surface area contributed by atoms with E-state index >= 15 is 0 Å². The Bertz CT molecular complexity index is 639. The molecule has 0 radical (unpaired) electrons. The largest absolute Gasteiger partial charge is 0.478 e. The van der Waals surface area contributed by atoms with Crippen LogP contribution in [0.25, 0.3) is 0 Å². The molecule has 1 N–H and O–H groups in total. The molecule has 0 heterocycles. The molecule has 0 aromatic heterocycles. The average molecular weight is 264 g/mol. The molecule has 0 fully saturated rings. The van der Waals surface area contributed by atoms with Gasteiger partial charge in [0.15, 0.2) is 11.6 Å². The monoisotopic (exact) mass is 264 g/mol. The Morgan fingerprint density at radius 1 is 1.16 bits per heavy atom. The van der Waals surface area contributed by atoms with Crippen molar-refractivity contribution < 1.29 is 23.4 Å². The van der Waals surface area contributed by atoms with Crippen molar-refractivity contribution in [1.82, 2.24) is 0 Å². The van der Waals surface area contributed by atoms with Crippen LogP contribution in [0.15, 0.2) is 36.4 Å². The van der Waals surface area contributed by atoms with Crippen molar-refractivity contribution >= 4 is 5.97 Å². The van der Waals surface area contributed by atoms with Gasteiger partial charge in [-0.1, -0.05) is 12.1 Å². The Hall–Kier alpha value is -2.43. The summed E-state index contributed by atoms with van der Waals surface area (Å²) < 4.78 is 31.2. The molecule has 3 nitrogen and oxygen atoms in total. The standard InChI is InChI=1S/C14H10F2O3/c1-8-3-2-4-10(14(17)18)13(8)19-9-5-6-11(15)12(16)7-9/h2-7H,1H3,(H,17,18). The molecule has 0 atom stereocenters. The Labute approximate surface area is 108 Å². The number of benzene rings is 2. The maximum atomic E-state index is 13.1. The van der Waals surface area contributed by atoms with E-state index in [0.717, 1.165) is 12.1 Å². The van der Waals surface area contributed by atoms with Gasteiger partial charge in [0.2, 0.25) is 0 Å². The summed E-state index contributed by atoms with van der Waals surface area (Å²) in [4.78, 5) is 11.1. The zero-order valence-corrected chi connectivity index (χ0v) is 9.98. The molecule has 2 aromatic rings. The first-order valence-corrected chi connectivity index (χ1v) is 5.45. The van der Waals surface area contributed by atoms with Gasteiger partial charge in [0.1, 0.15) is 17.1 Å². The summed E-state index contributed by atoms with van der Waals surface area (Å²) in [6, 6.07) is 7.65. The third-order valence-electron chi connectivity index (χ3n) is 2.55. The van der Waals surface area contributed by atoms with Crippen molar-refractivity contribution in [3.8, 4) is 11.5 Å². The number of carbonyl (C=O) groups is 1. The predicted molar refractivity (Wildman–Crippen MR) is 64.6 cm³/mol.